The van der Waals surface area contributed by atoms with Crippen molar-refractivity contribution in [2.45, 2.75) is 31.7 Å². The molecule has 12 heteroatoms. The lowest BCUT2D eigenvalue weighted by Crippen LogP contribution is -2.44. The molecule has 4 aromatic rings. The summed E-state index contributed by atoms with van der Waals surface area (Å²) in [5, 5.41) is 0.590. The largest absolute Gasteiger partial charge is 0.377 e. The smallest absolute Gasteiger partial charge is 0.269 e. The summed E-state index contributed by atoms with van der Waals surface area (Å²) < 4.78 is 51.0. The maximum Gasteiger partial charge on any atom is 0.269 e. The number of hydrogen-bond donors (Lipinski definition) is 0. The minimum atomic E-state index is -3.90. The number of benzene rings is 1. The molecule has 0 aliphatic carbocycles. The van der Waals surface area contributed by atoms with Crippen molar-refractivity contribution in [1.82, 2.24) is 18.9 Å². The number of rotatable bonds is 5. The molecule has 10 nitrogen and oxygen atoms in total. The number of nitrogens with zero attached hydrogens (tertiary/aromatic N) is 6. The average molecular weight is 555 g/mol. The van der Waals surface area contributed by atoms with E-state index in [9.17, 15) is 12.6 Å². The van der Waals surface area contributed by atoms with Gasteiger partial charge in [0, 0.05) is 57.7 Å². The summed E-state index contributed by atoms with van der Waals surface area (Å²) >= 11 is 0. The van der Waals surface area contributed by atoms with Gasteiger partial charge in [-0.2, -0.15) is 4.36 Å². The van der Waals surface area contributed by atoms with Crippen molar-refractivity contribution in [3.63, 3.8) is 0 Å². The van der Waals surface area contributed by atoms with Crippen LogP contribution in [-0.2, 0) is 24.5 Å². The lowest BCUT2D eigenvalue weighted by molar-refractivity contribution is 0.0985. The lowest BCUT2D eigenvalue weighted by atomic mass is 10.1. The summed E-state index contributed by atoms with van der Waals surface area (Å²) in [6, 6.07) is 12.1. The van der Waals surface area contributed by atoms with Crippen LogP contribution in [0.2, 0.25) is 0 Å². The Morgan fingerprint density at radius 3 is 2.45 bits per heavy atom. The molecule has 200 valence electrons. The summed E-state index contributed by atoms with van der Waals surface area (Å²) in [6.45, 7) is 7.44. The van der Waals surface area contributed by atoms with Gasteiger partial charge in [0.2, 0.25) is 0 Å². The Hall–Kier alpha value is -3.35. The van der Waals surface area contributed by atoms with Crippen LogP contribution < -0.4 is 4.90 Å². The Balaban J connectivity index is 1.71. The van der Waals surface area contributed by atoms with E-state index in [-0.39, 0.29) is 16.6 Å². The molecule has 1 aromatic carbocycles. The highest BCUT2D eigenvalue weighted by Gasteiger charge is 2.26. The maximum absolute atomic E-state index is 13.6. The van der Waals surface area contributed by atoms with E-state index < -0.39 is 19.8 Å². The fourth-order valence-corrected chi connectivity index (χ4v) is 6.58. The third-order valence-corrected chi connectivity index (χ3v) is 8.75. The van der Waals surface area contributed by atoms with E-state index in [0.717, 1.165) is 5.56 Å². The normalized spacial score (nSPS) is 16.7. The van der Waals surface area contributed by atoms with Gasteiger partial charge in [0.25, 0.3) is 10.0 Å². The summed E-state index contributed by atoms with van der Waals surface area (Å²) in [6.07, 6.45) is 4.65. The first-order valence-corrected chi connectivity index (χ1v) is 15.9. The molecular weight excluding hydrogens is 524 g/mol. The van der Waals surface area contributed by atoms with Crippen molar-refractivity contribution < 1.29 is 17.4 Å². The minimum Gasteiger partial charge on any atom is -0.377 e. The minimum absolute atomic E-state index is 0.0763. The molecule has 0 unspecified atom stereocenters. The Morgan fingerprint density at radius 2 is 1.76 bits per heavy atom. The van der Waals surface area contributed by atoms with Crippen LogP contribution in [0.25, 0.3) is 22.4 Å². The molecule has 0 saturated carbocycles. The van der Waals surface area contributed by atoms with Crippen molar-refractivity contribution in [2.75, 3.05) is 37.2 Å². The highest BCUT2D eigenvalue weighted by atomic mass is 32.2. The molecule has 1 atom stereocenters. The molecule has 1 saturated heterocycles. The van der Waals surface area contributed by atoms with Crippen LogP contribution >= 0.6 is 0 Å². The fraction of sp³-hybridized carbons (Fsp3) is 0.346. The molecule has 0 amide bonds. The van der Waals surface area contributed by atoms with E-state index in [0.29, 0.717) is 53.9 Å². The Kier molecular flexibility index (Phi) is 6.74. The van der Waals surface area contributed by atoms with Crippen LogP contribution in [0.1, 0.15) is 18.2 Å². The number of morpholine rings is 1. The number of aryl methyl sites for hydroxylation is 2. The number of pyridine rings is 1. The summed E-state index contributed by atoms with van der Waals surface area (Å²) in [7, 11) is -6.39. The van der Waals surface area contributed by atoms with E-state index in [1.54, 1.807) is 68.1 Å². The van der Waals surface area contributed by atoms with Crippen molar-refractivity contribution in [3.05, 3.63) is 59.9 Å². The number of anilines is 1. The second kappa shape index (κ2) is 9.75. The fourth-order valence-electron chi connectivity index (χ4n) is 4.54. The van der Waals surface area contributed by atoms with Crippen LogP contribution in [0.5, 0.6) is 0 Å². The predicted octanol–water partition coefficient (Wildman–Crippen LogP) is 3.93. The number of ether oxygens (including phenoxy) is 1. The van der Waals surface area contributed by atoms with Gasteiger partial charge in [-0.15, -0.1) is 0 Å². The van der Waals surface area contributed by atoms with Gasteiger partial charge in [0.15, 0.2) is 17.3 Å². The van der Waals surface area contributed by atoms with E-state index in [4.69, 9.17) is 9.72 Å². The number of hydrogen-bond acceptors (Lipinski definition) is 9. The van der Waals surface area contributed by atoms with Crippen molar-refractivity contribution in [1.29, 1.82) is 0 Å². The summed E-state index contributed by atoms with van der Waals surface area (Å²) in [5.41, 5.74) is 2.36. The zero-order valence-corrected chi connectivity index (χ0v) is 23.6. The molecule has 1 aliphatic rings. The monoisotopic (exact) mass is 554 g/mol. The van der Waals surface area contributed by atoms with Gasteiger partial charge in [-0.3, -0.25) is 0 Å². The SMILES string of the molecule is Cc1ccc(S(=O)(=O)n2c(C)cc3c(-c4nc(N=S(C)(C)=O)cc(N5CCOC[C@H]5C)n4)ccnc32)cc1. The Morgan fingerprint density at radius 1 is 1.03 bits per heavy atom. The van der Waals surface area contributed by atoms with Crippen LogP contribution in [0.3, 0.4) is 0 Å². The molecule has 1 aliphatic heterocycles. The van der Waals surface area contributed by atoms with E-state index in [1.165, 1.54) is 3.97 Å². The van der Waals surface area contributed by atoms with E-state index in [2.05, 4.69) is 19.2 Å². The highest BCUT2D eigenvalue weighted by molar-refractivity contribution is 7.92. The Bertz CT molecular complexity index is 1750. The van der Waals surface area contributed by atoms with Gasteiger partial charge in [-0.05, 0) is 45.0 Å². The van der Waals surface area contributed by atoms with Crippen LogP contribution in [0.4, 0.5) is 11.6 Å². The number of fused-ring (bicyclic) bond motifs is 1. The molecule has 1 fully saturated rings. The predicted molar refractivity (Wildman–Crippen MR) is 149 cm³/mol. The molecule has 38 heavy (non-hydrogen) atoms. The van der Waals surface area contributed by atoms with Crippen molar-refractivity contribution in [3.8, 4) is 11.4 Å². The molecule has 0 spiro atoms. The van der Waals surface area contributed by atoms with E-state index >= 15 is 0 Å². The molecule has 0 N–H and O–H groups in total. The van der Waals surface area contributed by atoms with Gasteiger partial charge in [0.05, 0.1) is 24.2 Å². The first-order chi connectivity index (χ1) is 17.9. The maximum atomic E-state index is 13.6. The van der Waals surface area contributed by atoms with Crippen LogP contribution in [0.15, 0.2) is 57.9 Å². The molecule has 0 radical (unpaired) electrons. The van der Waals surface area contributed by atoms with Crippen LogP contribution in [-0.4, -0.2) is 69.9 Å². The summed E-state index contributed by atoms with van der Waals surface area (Å²) in [5.74, 6) is 1.29. The molecule has 0 bridgehead atoms. The van der Waals surface area contributed by atoms with Gasteiger partial charge in [-0.1, -0.05) is 17.7 Å². The second-order valence-corrected chi connectivity index (χ2v) is 14.1. The van der Waals surface area contributed by atoms with Gasteiger partial charge >= 0.3 is 0 Å². The van der Waals surface area contributed by atoms with Crippen LogP contribution in [0, 0.1) is 13.8 Å². The molecule has 3 aromatic heterocycles. The molecule has 4 heterocycles. The first-order valence-electron chi connectivity index (χ1n) is 12.1. The number of aromatic nitrogens is 4. The third-order valence-electron chi connectivity index (χ3n) is 6.31. The first kappa shape index (κ1) is 26.3. The van der Waals surface area contributed by atoms with Gasteiger partial charge < -0.3 is 9.64 Å². The molecule has 5 rings (SSSR count). The van der Waals surface area contributed by atoms with Gasteiger partial charge in [0.1, 0.15) is 5.82 Å². The zero-order valence-electron chi connectivity index (χ0n) is 22.0. The zero-order chi connectivity index (χ0) is 27.2. The Labute approximate surface area is 222 Å². The standard InChI is InChI=1S/C26H30N6O4S2/c1-17-6-8-20(9-7-17)38(34,35)32-18(2)14-22-21(10-11-27-26(22)32)25-28-23(30-37(4,5)33)15-24(29-25)31-12-13-36-16-19(31)3/h6-11,14-15,19H,12-13,16H2,1-5H3/t19-/m1/s1. The average Bonchev–Trinajstić information content (AvgIpc) is 3.20. The highest BCUT2D eigenvalue weighted by Crippen LogP contribution is 2.33. The van der Waals surface area contributed by atoms with E-state index in [1.807, 2.05) is 13.8 Å². The summed E-state index contributed by atoms with van der Waals surface area (Å²) in [4.78, 5) is 16.2. The third kappa shape index (κ3) is 5.03. The van der Waals surface area contributed by atoms with Gasteiger partial charge in [-0.25, -0.2) is 31.6 Å². The second-order valence-electron chi connectivity index (χ2n) is 9.76. The lowest BCUT2D eigenvalue weighted by Gasteiger charge is -2.34. The molecular formula is C26H30N6O4S2. The van der Waals surface area contributed by atoms with Crippen molar-refractivity contribution in [2.24, 2.45) is 4.36 Å². The van der Waals surface area contributed by atoms with Crippen molar-refractivity contribution >= 4 is 42.4 Å². The topological polar surface area (TPSA) is 120 Å². The quantitative estimate of drug-likeness (QED) is 0.364.